The van der Waals surface area contributed by atoms with Crippen molar-refractivity contribution in [3.05, 3.63) is 92.7 Å². The van der Waals surface area contributed by atoms with E-state index in [0.29, 0.717) is 0 Å². The van der Waals surface area contributed by atoms with Crippen LogP contribution in [0.5, 0.6) is 0 Å². The van der Waals surface area contributed by atoms with Crippen molar-refractivity contribution in [2.45, 2.75) is 219 Å². The maximum atomic E-state index is 2.43. The van der Waals surface area contributed by atoms with E-state index in [9.17, 15) is 0 Å². The summed E-state index contributed by atoms with van der Waals surface area (Å²) in [6.07, 6.45) is 54.4. The molecule has 348 valence electrons. The summed E-state index contributed by atoms with van der Waals surface area (Å²) in [5, 5.41) is 0. The standard InChI is InChI=1S/C60H84S4/c1-3-5-7-9-11-13-15-17-19-21-23-25-27-29-37-43-51-53(47-45-49-39-33-31-34-40-49)61-57-55(51)63-60-58-56(64-59(57)60)52(54(62-58)48-46-50-41-35-32-36-42-50)44-38-30-28-26-24-22-20-18-16-14-12-10-8-6-4-2/h31-36,39-42,45-48H,3-30,37-38,43-44H2,1-2H3/b47-45+,48-46+. The minimum atomic E-state index is 1.20. The Balaban J connectivity index is 1.06. The molecule has 0 N–H and O–H groups in total. The van der Waals surface area contributed by atoms with Gasteiger partial charge in [0.15, 0.2) is 0 Å². The van der Waals surface area contributed by atoms with Crippen LogP contribution in [0, 0.1) is 0 Å². The molecule has 2 aromatic carbocycles. The number of benzene rings is 2. The molecule has 0 amide bonds. The molecule has 0 radical (unpaired) electrons. The molecule has 0 spiro atoms. The van der Waals surface area contributed by atoms with E-state index in [1.54, 1.807) is 39.3 Å². The van der Waals surface area contributed by atoms with Crippen molar-refractivity contribution in [1.29, 1.82) is 0 Å². The van der Waals surface area contributed by atoms with E-state index in [4.69, 9.17) is 0 Å². The van der Waals surface area contributed by atoms with Crippen LogP contribution in [0.3, 0.4) is 0 Å². The van der Waals surface area contributed by atoms with E-state index in [1.165, 1.54) is 226 Å². The van der Waals surface area contributed by atoms with E-state index in [2.05, 4.69) is 144 Å². The van der Waals surface area contributed by atoms with E-state index >= 15 is 0 Å². The molecule has 0 atom stereocenters. The second-order valence-electron chi connectivity index (χ2n) is 19.0. The smallest absolute Gasteiger partial charge is 0.0651 e. The molecule has 0 fully saturated rings. The largest absolute Gasteiger partial charge is 0.133 e. The molecule has 6 aromatic rings. The van der Waals surface area contributed by atoms with Gasteiger partial charge in [0.25, 0.3) is 0 Å². The molecular formula is C60H84S4. The molecule has 0 aliphatic heterocycles. The van der Waals surface area contributed by atoms with E-state index < -0.39 is 0 Å². The van der Waals surface area contributed by atoms with Gasteiger partial charge in [-0.3, -0.25) is 0 Å². The molecule has 4 heteroatoms. The summed E-state index contributed by atoms with van der Waals surface area (Å²) in [5.74, 6) is 0. The zero-order valence-corrected chi connectivity index (χ0v) is 43.6. The predicted molar refractivity (Wildman–Crippen MR) is 298 cm³/mol. The molecule has 4 heterocycles. The molecule has 0 nitrogen and oxygen atoms in total. The molecule has 64 heavy (non-hydrogen) atoms. The van der Waals surface area contributed by atoms with E-state index in [-0.39, 0.29) is 0 Å². The summed E-state index contributed by atoms with van der Waals surface area (Å²) in [6, 6.07) is 21.8. The van der Waals surface area contributed by atoms with Crippen LogP contribution in [0.1, 0.15) is 238 Å². The lowest BCUT2D eigenvalue weighted by Gasteiger charge is -2.04. The summed E-state index contributed by atoms with van der Waals surface area (Å²) in [5.41, 5.74) is 5.81. The summed E-state index contributed by atoms with van der Waals surface area (Å²) in [7, 11) is 0. The Morgan fingerprint density at radius 3 is 0.844 bits per heavy atom. The quantitative estimate of drug-likeness (QED) is 0.0344. The maximum Gasteiger partial charge on any atom is 0.0651 e. The second kappa shape index (κ2) is 30.7. The zero-order valence-electron chi connectivity index (χ0n) is 40.3. The summed E-state index contributed by atoms with van der Waals surface area (Å²) >= 11 is 8.36. The van der Waals surface area contributed by atoms with Crippen LogP contribution in [0.2, 0.25) is 0 Å². The fraction of sp³-hybridized carbons (Fsp3) is 0.567. The molecule has 0 saturated heterocycles. The highest BCUT2D eigenvalue weighted by Gasteiger charge is 2.23. The van der Waals surface area contributed by atoms with Crippen LogP contribution in [-0.4, -0.2) is 0 Å². The Morgan fingerprint density at radius 2 is 0.547 bits per heavy atom. The summed E-state index contributed by atoms with van der Waals surface area (Å²) in [4.78, 5) is 2.97. The van der Waals surface area contributed by atoms with Gasteiger partial charge < -0.3 is 0 Å². The zero-order chi connectivity index (χ0) is 44.3. The minimum Gasteiger partial charge on any atom is -0.133 e. The Hall–Kier alpha value is -2.50. The topological polar surface area (TPSA) is 0 Å². The lowest BCUT2D eigenvalue weighted by molar-refractivity contribution is 0.532. The molecule has 0 saturated carbocycles. The number of thiophene rings is 4. The van der Waals surface area contributed by atoms with Gasteiger partial charge in [-0.2, -0.15) is 0 Å². The monoisotopic (exact) mass is 933 g/mol. The van der Waals surface area contributed by atoms with Crippen LogP contribution in [0.4, 0.5) is 0 Å². The molecule has 0 aliphatic carbocycles. The number of aryl methyl sites for hydroxylation is 2. The number of fused-ring (bicyclic) bond motifs is 5. The van der Waals surface area contributed by atoms with Gasteiger partial charge >= 0.3 is 0 Å². The van der Waals surface area contributed by atoms with Gasteiger partial charge in [-0.15, -0.1) is 45.3 Å². The van der Waals surface area contributed by atoms with Crippen molar-refractivity contribution in [3.8, 4) is 0 Å². The van der Waals surface area contributed by atoms with Gasteiger partial charge in [-0.25, -0.2) is 0 Å². The Bertz CT molecular complexity index is 2010. The third kappa shape index (κ3) is 17.0. The molecule has 6 rings (SSSR count). The first-order chi connectivity index (χ1) is 31.8. The van der Waals surface area contributed by atoms with Crippen LogP contribution in [-0.2, 0) is 12.8 Å². The molecule has 0 bridgehead atoms. The lowest BCUT2D eigenvalue weighted by Crippen LogP contribution is -1.87. The van der Waals surface area contributed by atoms with Gasteiger partial charge in [-0.05, 0) is 60.1 Å². The Labute approximate surface area is 407 Å². The molecule has 0 aliphatic rings. The number of hydrogen-bond acceptors (Lipinski definition) is 4. The van der Waals surface area contributed by atoms with Gasteiger partial charge in [-0.1, -0.05) is 266 Å². The van der Waals surface area contributed by atoms with Gasteiger partial charge in [0.2, 0.25) is 0 Å². The molecule has 0 unspecified atom stereocenters. The van der Waals surface area contributed by atoms with Crippen molar-refractivity contribution < 1.29 is 0 Å². The van der Waals surface area contributed by atoms with Crippen LogP contribution >= 0.6 is 45.3 Å². The molecular weight excluding hydrogens is 849 g/mol. The lowest BCUT2D eigenvalue weighted by atomic mass is 10.0. The van der Waals surface area contributed by atoms with Crippen molar-refractivity contribution in [3.63, 3.8) is 0 Å². The minimum absolute atomic E-state index is 1.20. The Morgan fingerprint density at radius 1 is 0.281 bits per heavy atom. The van der Waals surface area contributed by atoms with Gasteiger partial charge in [0, 0.05) is 9.75 Å². The predicted octanol–water partition coefficient (Wildman–Crippen LogP) is 22.6. The normalized spacial score (nSPS) is 12.2. The van der Waals surface area contributed by atoms with Crippen molar-refractivity contribution in [2.75, 3.05) is 0 Å². The van der Waals surface area contributed by atoms with Crippen LogP contribution < -0.4 is 0 Å². The third-order valence-corrected chi connectivity index (χ3v) is 19.1. The Kier molecular flexibility index (Phi) is 24.4. The SMILES string of the molecule is CCCCCCCCCCCCCCCCCc1c(/C=C/c2ccccc2)sc2c1sc1c3sc(/C=C/c4ccccc4)c(CCCCCCCCCCCCCCCCC)c3sc21. The van der Waals surface area contributed by atoms with Crippen LogP contribution in [0.15, 0.2) is 60.7 Å². The van der Waals surface area contributed by atoms with Gasteiger partial charge in [0.05, 0.1) is 28.2 Å². The van der Waals surface area contributed by atoms with Crippen molar-refractivity contribution in [1.82, 2.24) is 0 Å². The average molecular weight is 934 g/mol. The summed E-state index contributed by atoms with van der Waals surface area (Å²) in [6.45, 7) is 4.62. The third-order valence-electron chi connectivity index (χ3n) is 13.5. The first-order valence-electron chi connectivity index (χ1n) is 26.6. The van der Waals surface area contributed by atoms with Crippen molar-refractivity contribution in [2.24, 2.45) is 0 Å². The average Bonchev–Trinajstić information content (AvgIpc) is 4.05. The number of rotatable bonds is 36. The number of hydrogen-bond donors (Lipinski definition) is 0. The van der Waals surface area contributed by atoms with E-state index in [1.807, 2.05) is 0 Å². The highest BCUT2D eigenvalue weighted by atomic mass is 32.1. The maximum absolute atomic E-state index is 2.43. The first-order valence-corrected chi connectivity index (χ1v) is 29.9. The fourth-order valence-electron chi connectivity index (χ4n) is 9.61. The van der Waals surface area contributed by atoms with Crippen molar-refractivity contribution >= 4 is 97.9 Å². The van der Waals surface area contributed by atoms with E-state index in [0.717, 1.165) is 0 Å². The van der Waals surface area contributed by atoms with Gasteiger partial charge in [0.1, 0.15) is 0 Å². The van der Waals surface area contributed by atoms with Crippen LogP contribution in [0.25, 0.3) is 52.5 Å². The fourth-order valence-corrected chi connectivity index (χ4v) is 15.7. The summed E-state index contributed by atoms with van der Waals surface area (Å²) < 4.78 is 9.36. The highest BCUT2D eigenvalue weighted by Crippen LogP contribution is 2.53. The molecule has 4 aromatic heterocycles. The number of unbranched alkanes of at least 4 members (excludes halogenated alkanes) is 28. The highest BCUT2D eigenvalue weighted by molar-refractivity contribution is 7.45. The second-order valence-corrected chi connectivity index (χ2v) is 23.1. The first kappa shape index (κ1) is 50.9.